The summed E-state index contributed by atoms with van der Waals surface area (Å²) in [7, 11) is 0. The molecule has 124 valence electrons. The van der Waals surface area contributed by atoms with Crippen molar-refractivity contribution in [2.24, 2.45) is 0 Å². The number of rotatable bonds is 5. The van der Waals surface area contributed by atoms with Gasteiger partial charge >= 0.3 is 6.18 Å². The van der Waals surface area contributed by atoms with Crippen molar-refractivity contribution in [1.82, 2.24) is 15.2 Å². The molecule has 0 unspecified atom stereocenters. The Hall–Kier alpha value is -2.23. The summed E-state index contributed by atoms with van der Waals surface area (Å²) in [5.74, 6) is -0.816. The number of amides is 1. The molecule has 0 fully saturated rings. The highest BCUT2D eigenvalue weighted by atomic mass is 32.1. The molecule has 0 aliphatic rings. The van der Waals surface area contributed by atoms with Crippen molar-refractivity contribution in [2.45, 2.75) is 25.9 Å². The molecule has 0 aliphatic heterocycles. The van der Waals surface area contributed by atoms with Crippen LogP contribution < -0.4 is 10.1 Å². The lowest BCUT2D eigenvalue weighted by Gasteiger charge is -2.11. The normalized spacial score (nSPS) is 11.6. The monoisotopic (exact) mass is 346 g/mol. The van der Waals surface area contributed by atoms with Crippen molar-refractivity contribution in [1.29, 1.82) is 0 Å². The molecule has 1 N–H and O–H groups in total. The lowest BCUT2D eigenvalue weighted by molar-refractivity contribution is -0.153. The number of pyridine rings is 1. The Morgan fingerprint density at radius 2 is 2.13 bits per heavy atom. The lowest BCUT2D eigenvalue weighted by atomic mass is 10.2. The summed E-state index contributed by atoms with van der Waals surface area (Å²) in [4.78, 5) is 15.9. The van der Waals surface area contributed by atoms with Crippen LogP contribution in [0.15, 0.2) is 18.3 Å². The maximum atomic E-state index is 12.2. The first-order valence-corrected chi connectivity index (χ1v) is 7.37. The van der Waals surface area contributed by atoms with Crippen molar-refractivity contribution in [2.75, 3.05) is 11.9 Å². The molecule has 23 heavy (non-hydrogen) atoms. The van der Waals surface area contributed by atoms with E-state index in [1.165, 1.54) is 29.7 Å². The van der Waals surface area contributed by atoms with Gasteiger partial charge in [0.05, 0.1) is 0 Å². The van der Waals surface area contributed by atoms with Crippen molar-refractivity contribution < 1.29 is 22.7 Å². The number of nitrogens with zero attached hydrogens (tertiary/aromatic N) is 3. The van der Waals surface area contributed by atoms with E-state index in [1.54, 1.807) is 0 Å². The van der Waals surface area contributed by atoms with Crippen molar-refractivity contribution >= 4 is 22.4 Å². The number of nitrogens with one attached hydrogen (secondary N) is 1. The number of halogens is 3. The summed E-state index contributed by atoms with van der Waals surface area (Å²) in [5, 5.41) is 11.1. The third-order valence-corrected chi connectivity index (χ3v) is 3.67. The van der Waals surface area contributed by atoms with E-state index in [2.05, 4.69) is 25.2 Å². The molecule has 0 atom stereocenters. The Balaban J connectivity index is 2.12. The number of hydrogen-bond acceptors (Lipinski definition) is 6. The van der Waals surface area contributed by atoms with Crippen molar-refractivity contribution in [3.63, 3.8) is 0 Å². The van der Waals surface area contributed by atoms with E-state index >= 15 is 0 Å². The number of carbonyl (C=O) groups excluding carboxylic acids is 1. The molecule has 2 heterocycles. The summed E-state index contributed by atoms with van der Waals surface area (Å²) in [5.41, 5.74) is -0.252. The van der Waals surface area contributed by atoms with E-state index in [4.69, 9.17) is 0 Å². The van der Waals surface area contributed by atoms with Gasteiger partial charge in [0.1, 0.15) is 5.01 Å². The van der Waals surface area contributed by atoms with E-state index in [-0.39, 0.29) is 22.5 Å². The minimum Gasteiger partial charge on any atom is -0.482 e. The van der Waals surface area contributed by atoms with Crippen LogP contribution >= 0.6 is 11.3 Å². The van der Waals surface area contributed by atoms with Gasteiger partial charge in [-0.15, -0.1) is 10.2 Å². The van der Waals surface area contributed by atoms with Gasteiger partial charge in [0, 0.05) is 12.1 Å². The standard InChI is InChI=1S/C13H13F3N4O2S/c1-7(2)11-19-20-12(23-11)18-10(21)9-8(4-3-5-17-9)22-6-13(14,15)16/h3-5,7H,6H2,1-2H3,(H,18,20,21). The Bertz CT molecular complexity index is 688. The third-order valence-electron chi connectivity index (χ3n) is 2.53. The van der Waals surface area contributed by atoms with Crippen LogP contribution in [0.4, 0.5) is 18.3 Å². The molecule has 2 aromatic heterocycles. The summed E-state index contributed by atoms with van der Waals surface area (Å²) in [6.45, 7) is 2.34. The van der Waals surface area contributed by atoms with E-state index in [9.17, 15) is 18.0 Å². The minimum atomic E-state index is -4.50. The van der Waals surface area contributed by atoms with Gasteiger partial charge in [-0.25, -0.2) is 4.98 Å². The van der Waals surface area contributed by atoms with Crippen LogP contribution in [0.1, 0.15) is 35.3 Å². The van der Waals surface area contributed by atoms with Gasteiger partial charge in [-0.2, -0.15) is 13.2 Å². The van der Waals surface area contributed by atoms with Gasteiger partial charge in [0.25, 0.3) is 5.91 Å². The average Bonchev–Trinajstić information content (AvgIpc) is 2.93. The fourth-order valence-corrected chi connectivity index (χ4v) is 2.25. The van der Waals surface area contributed by atoms with Crippen LogP contribution in [0.5, 0.6) is 5.75 Å². The second-order valence-electron chi connectivity index (χ2n) is 4.81. The predicted octanol–water partition coefficient (Wildman–Crippen LogP) is 3.25. The number of alkyl halides is 3. The van der Waals surface area contributed by atoms with Crippen LogP contribution in [0.2, 0.25) is 0 Å². The van der Waals surface area contributed by atoms with Crippen LogP contribution in [-0.4, -0.2) is 33.9 Å². The summed E-state index contributed by atoms with van der Waals surface area (Å²) >= 11 is 1.18. The maximum Gasteiger partial charge on any atom is 0.422 e. The summed E-state index contributed by atoms with van der Waals surface area (Å²) in [6, 6.07) is 2.62. The second kappa shape index (κ2) is 6.90. The Kier molecular flexibility index (Phi) is 5.14. The van der Waals surface area contributed by atoms with E-state index in [0.717, 1.165) is 5.01 Å². The minimum absolute atomic E-state index is 0.152. The molecule has 0 saturated carbocycles. The molecular formula is C13H13F3N4O2S. The van der Waals surface area contributed by atoms with Gasteiger partial charge in [-0.05, 0) is 12.1 Å². The Labute approximate surface area is 133 Å². The molecule has 2 aromatic rings. The largest absolute Gasteiger partial charge is 0.482 e. The zero-order valence-corrected chi connectivity index (χ0v) is 13.0. The first-order chi connectivity index (χ1) is 10.8. The molecular weight excluding hydrogens is 333 g/mol. The summed E-state index contributed by atoms with van der Waals surface area (Å²) in [6.07, 6.45) is -3.22. The molecule has 0 spiro atoms. The quantitative estimate of drug-likeness (QED) is 0.899. The fraction of sp³-hybridized carbons (Fsp3) is 0.385. The van der Waals surface area contributed by atoms with Crippen molar-refractivity contribution in [3.8, 4) is 5.75 Å². The van der Waals surface area contributed by atoms with Gasteiger partial charge < -0.3 is 4.74 Å². The highest BCUT2D eigenvalue weighted by Gasteiger charge is 2.29. The predicted molar refractivity (Wildman–Crippen MR) is 77.7 cm³/mol. The number of anilines is 1. The first kappa shape index (κ1) is 17.1. The number of aromatic nitrogens is 3. The molecule has 6 nitrogen and oxygen atoms in total. The zero-order valence-electron chi connectivity index (χ0n) is 12.2. The maximum absolute atomic E-state index is 12.2. The van der Waals surface area contributed by atoms with Crippen LogP contribution in [-0.2, 0) is 0 Å². The molecule has 1 amide bonds. The lowest BCUT2D eigenvalue weighted by Crippen LogP contribution is -2.21. The Morgan fingerprint density at radius 1 is 1.39 bits per heavy atom. The molecule has 0 aliphatic carbocycles. The first-order valence-electron chi connectivity index (χ1n) is 6.55. The molecule has 0 aromatic carbocycles. The zero-order chi connectivity index (χ0) is 17.0. The van der Waals surface area contributed by atoms with Crippen LogP contribution in [0.3, 0.4) is 0 Å². The molecule has 10 heteroatoms. The Morgan fingerprint density at radius 3 is 2.74 bits per heavy atom. The number of carbonyl (C=O) groups is 1. The molecule has 2 rings (SSSR count). The van der Waals surface area contributed by atoms with Gasteiger partial charge in [0.2, 0.25) is 5.13 Å². The van der Waals surface area contributed by atoms with Gasteiger partial charge in [-0.1, -0.05) is 25.2 Å². The van der Waals surface area contributed by atoms with Crippen LogP contribution in [0, 0.1) is 0 Å². The molecule has 0 bridgehead atoms. The van der Waals surface area contributed by atoms with Crippen molar-refractivity contribution in [3.05, 3.63) is 29.0 Å². The van der Waals surface area contributed by atoms with E-state index in [1.807, 2.05) is 13.8 Å². The fourth-order valence-electron chi connectivity index (χ4n) is 1.51. The highest BCUT2D eigenvalue weighted by Crippen LogP contribution is 2.24. The third kappa shape index (κ3) is 4.88. The van der Waals surface area contributed by atoms with E-state index in [0.29, 0.717) is 0 Å². The van der Waals surface area contributed by atoms with Gasteiger partial charge in [0.15, 0.2) is 18.1 Å². The topological polar surface area (TPSA) is 77.0 Å². The molecule has 0 radical (unpaired) electrons. The molecule has 0 saturated heterocycles. The highest BCUT2D eigenvalue weighted by molar-refractivity contribution is 7.15. The SMILES string of the molecule is CC(C)c1nnc(NC(=O)c2ncccc2OCC(F)(F)F)s1. The van der Waals surface area contributed by atoms with E-state index < -0.39 is 18.7 Å². The van der Waals surface area contributed by atoms with Crippen LogP contribution in [0.25, 0.3) is 0 Å². The van der Waals surface area contributed by atoms with Gasteiger partial charge in [-0.3, -0.25) is 10.1 Å². The number of ether oxygens (including phenoxy) is 1. The second-order valence-corrected chi connectivity index (χ2v) is 5.82. The average molecular weight is 346 g/mol. The number of hydrogen-bond donors (Lipinski definition) is 1. The summed E-state index contributed by atoms with van der Waals surface area (Å²) < 4.78 is 41.3. The smallest absolute Gasteiger partial charge is 0.422 e.